The van der Waals surface area contributed by atoms with Gasteiger partial charge in [0.05, 0.1) is 0 Å². The Morgan fingerprint density at radius 2 is 2.10 bits per heavy atom. The summed E-state index contributed by atoms with van der Waals surface area (Å²) in [7, 11) is 0. The molecular formula is C15H19N3OS. The summed E-state index contributed by atoms with van der Waals surface area (Å²) in [5.74, 6) is 0.750. The van der Waals surface area contributed by atoms with E-state index in [1.165, 1.54) is 19.3 Å². The molecule has 0 spiro atoms. The van der Waals surface area contributed by atoms with Crippen molar-refractivity contribution in [2.24, 2.45) is 11.7 Å². The van der Waals surface area contributed by atoms with Crippen LogP contribution in [0.15, 0.2) is 18.3 Å². The fourth-order valence-corrected chi connectivity index (χ4v) is 3.64. The standard InChI is InChI=1S/C15H19N3OS/c16-14(20)11-6-7-12(17-9-11)15(19)18-8-2-4-10-3-1-5-13(10)18/h6-7,9-10,13H,1-5,8H2,(H2,16,20). The number of hydrogen-bond donors (Lipinski definition) is 1. The predicted octanol–water partition coefficient (Wildman–Crippen LogP) is 2.12. The number of aromatic nitrogens is 1. The van der Waals surface area contributed by atoms with Crippen molar-refractivity contribution in [2.45, 2.75) is 38.1 Å². The van der Waals surface area contributed by atoms with E-state index in [0.717, 1.165) is 19.4 Å². The molecule has 1 aromatic heterocycles. The van der Waals surface area contributed by atoms with E-state index in [0.29, 0.717) is 28.2 Å². The van der Waals surface area contributed by atoms with Crippen molar-refractivity contribution in [3.8, 4) is 0 Å². The molecular weight excluding hydrogens is 270 g/mol. The Bertz CT molecular complexity index is 528. The average Bonchev–Trinajstić information content (AvgIpc) is 2.95. The van der Waals surface area contributed by atoms with Crippen LogP contribution < -0.4 is 5.73 Å². The smallest absolute Gasteiger partial charge is 0.272 e. The maximum Gasteiger partial charge on any atom is 0.272 e. The molecule has 2 aliphatic rings. The molecule has 4 nitrogen and oxygen atoms in total. The highest BCUT2D eigenvalue weighted by Crippen LogP contribution is 2.37. The number of likely N-dealkylation sites (tertiary alicyclic amines) is 1. The maximum absolute atomic E-state index is 12.6. The van der Waals surface area contributed by atoms with E-state index in [9.17, 15) is 4.79 Å². The van der Waals surface area contributed by atoms with Gasteiger partial charge in [0.25, 0.3) is 5.91 Å². The number of fused-ring (bicyclic) bond motifs is 1. The van der Waals surface area contributed by atoms with Crippen LogP contribution in [0, 0.1) is 5.92 Å². The molecule has 1 saturated carbocycles. The average molecular weight is 289 g/mol. The Labute approximate surface area is 124 Å². The Morgan fingerprint density at radius 3 is 2.80 bits per heavy atom. The molecule has 0 radical (unpaired) electrons. The molecule has 2 atom stereocenters. The lowest BCUT2D eigenvalue weighted by atomic mass is 9.91. The van der Waals surface area contributed by atoms with Crippen molar-refractivity contribution in [2.75, 3.05) is 6.54 Å². The molecule has 106 valence electrons. The maximum atomic E-state index is 12.6. The van der Waals surface area contributed by atoms with E-state index >= 15 is 0 Å². The van der Waals surface area contributed by atoms with Crippen molar-refractivity contribution in [1.29, 1.82) is 0 Å². The van der Waals surface area contributed by atoms with E-state index in [4.69, 9.17) is 18.0 Å². The van der Waals surface area contributed by atoms with Gasteiger partial charge in [-0.05, 0) is 43.7 Å². The number of piperidine rings is 1. The van der Waals surface area contributed by atoms with Gasteiger partial charge in [0.15, 0.2) is 0 Å². The number of nitrogens with zero attached hydrogens (tertiary/aromatic N) is 2. The molecule has 3 rings (SSSR count). The molecule has 1 aromatic rings. The van der Waals surface area contributed by atoms with Gasteiger partial charge in [-0.25, -0.2) is 0 Å². The first-order valence-electron chi connectivity index (χ1n) is 7.23. The lowest BCUT2D eigenvalue weighted by Gasteiger charge is -2.37. The number of hydrogen-bond acceptors (Lipinski definition) is 3. The topological polar surface area (TPSA) is 59.2 Å². The van der Waals surface area contributed by atoms with Crippen molar-refractivity contribution in [3.63, 3.8) is 0 Å². The highest BCUT2D eigenvalue weighted by atomic mass is 32.1. The largest absolute Gasteiger partial charge is 0.389 e. The van der Waals surface area contributed by atoms with E-state index in [1.807, 2.05) is 4.90 Å². The monoisotopic (exact) mass is 289 g/mol. The van der Waals surface area contributed by atoms with E-state index in [1.54, 1.807) is 18.3 Å². The quantitative estimate of drug-likeness (QED) is 0.847. The molecule has 5 heteroatoms. The van der Waals surface area contributed by atoms with Crippen LogP contribution in [-0.2, 0) is 0 Å². The van der Waals surface area contributed by atoms with Crippen LogP contribution in [0.1, 0.15) is 48.2 Å². The zero-order valence-corrected chi connectivity index (χ0v) is 12.2. The molecule has 2 fully saturated rings. The van der Waals surface area contributed by atoms with Crippen molar-refractivity contribution < 1.29 is 4.79 Å². The summed E-state index contributed by atoms with van der Waals surface area (Å²) in [6, 6.07) is 3.93. The molecule has 1 aliphatic heterocycles. The number of carbonyl (C=O) groups is 1. The summed E-state index contributed by atoms with van der Waals surface area (Å²) >= 11 is 4.90. The Balaban J connectivity index is 1.79. The molecule has 1 saturated heterocycles. The van der Waals surface area contributed by atoms with Gasteiger partial charge in [-0.3, -0.25) is 9.78 Å². The minimum absolute atomic E-state index is 0.0519. The fourth-order valence-electron chi connectivity index (χ4n) is 3.52. The third kappa shape index (κ3) is 2.42. The summed E-state index contributed by atoms with van der Waals surface area (Å²) in [6.45, 7) is 0.860. The highest BCUT2D eigenvalue weighted by Gasteiger charge is 2.37. The van der Waals surface area contributed by atoms with Gasteiger partial charge in [-0.1, -0.05) is 18.6 Å². The summed E-state index contributed by atoms with van der Waals surface area (Å²) in [5.41, 5.74) is 6.75. The molecule has 0 bridgehead atoms. The Kier molecular flexibility index (Phi) is 3.70. The van der Waals surface area contributed by atoms with Crippen LogP contribution in [0.25, 0.3) is 0 Å². The van der Waals surface area contributed by atoms with Crippen LogP contribution in [0.2, 0.25) is 0 Å². The minimum atomic E-state index is 0.0519. The van der Waals surface area contributed by atoms with Gasteiger partial charge in [0.2, 0.25) is 0 Å². The molecule has 1 aliphatic carbocycles. The molecule has 2 unspecified atom stereocenters. The lowest BCUT2D eigenvalue weighted by molar-refractivity contribution is 0.0542. The van der Waals surface area contributed by atoms with Gasteiger partial charge in [-0.2, -0.15) is 0 Å². The zero-order valence-electron chi connectivity index (χ0n) is 11.4. The number of pyridine rings is 1. The SMILES string of the molecule is NC(=S)c1ccc(C(=O)N2CCCC3CCCC32)nc1. The summed E-state index contributed by atoms with van der Waals surface area (Å²) in [6.07, 6.45) is 7.61. The van der Waals surface area contributed by atoms with Gasteiger partial charge in [0.1, 0.15) is 10.7 Å². The van der Waals surface area contributed by atoms with Crippen LogP contribution in [-0.4, -0.2) is 33.4 Å². The normalized spacial score (nSPS) is 25.3. The number of carbonyl (C=O) groups excluding carboxylic acids is 1. The lowest BCUT2D eigenvalue weighted by Crippen LogP contribution is -2.46. The van der Waals surface area contributed by atoms with Gasteiger partial charge >= 0.3 is 0 Å². The third-order valence-corrected chi connectivity index (χ3v) is 4.76. The minimum Gasteiger partial charge on any atom is -0.389 e. The molecule has 2 heterocycles. The first kappa shape index (κ1) is 13.5. The van der Waals surface area contributed by atoms with Crippen molar-refractivity contribution in [3.05, 3.63) is 29.6 Å². The Hall–Kier alpha value is -1.49. The fraction of sp³-hybridized carbons (Fsp3) is 0.533. The Morgan fingerprint density at radius 1 is 1.30 bits per heavy atom. The second kappa shape index (κ2) is 5.48. The highest BCUT2D eigenvalue weighted by molar-refractivity contribution is 7.80. The van der Waals surface area contributed by atoms with Gasteiger partial charge in [-0.15, -0.1) is 0 Å². The van der Waals surface area contributed by atoms with Crippen LogP contribution >= 0.6 is 12.2 Å². The van der Waals surface area contributed by atoms with E-state index in [-0.39, 0.29) is 5.91 Å². The summed E-state index contributed by atoms with van der Waals surface area (Å²) < 4.78 is 0. The van der Waals surface area contributed by atoms with E-state index in [2.05, 4.69) is 4.98 Å². The van der Waals surface area contributed by atoms with Gasteiger partial charge < -0.3 is 10.6 Å². The number of amides is 1. The molecule has 20 heavy (non-hydrogen) atoms. The number of thiocarbonyl (C=S) groups is 1. The van der Waals surface area contributed by atoms with Crippen LogP contribution in [0.5, 0.6) is 0 Å². The number of rotatable bonds is 2. The van der Waals surface area contributed by atoms with E-state index < -0.39 is 0 Å². The van der Waals surface area contributed by atoms with Gasteiger partial charge in [0, 0.05) is 24.3 Å². The van der Waals surface area contributed by atoms with Crippen LogP contribution in [0.3, 0.4) is 0 Å². The first-order chi connectivity index (χ1) is 9.66. The second-order valence-electron chi connectivity index (χ2n) is 5.70. The second-order valence-corrected chi connectivity index (χ2v) is 6.14. The summed E-state index contributed by atoms with van der Waals surface area (Å²) in [5, 5.41) is 0. The molecule has 0 aromatic carbocycles. The first-order valence-corrected chi connectivity index (χ1v) is 7.64. The van der Waals surface area contributed by atoms with Crippen LogP contribution in [0.4, 0.5) is 0 Å². The number of nitrogens with two attached hydrogens (primary N) is 1. The molecule has 1 amide bonds. The van der Waals surface area contributed by atoms with Crippen molar-refractivity contribution >= 4 is 23.1 Å². The third-order valence-electron chi connectivity index (χ3n) is 4.52. The zero-order chi connectivity index (χ0) is 14.1. The molecule has 2 N–H and O–H groups in total. The predicted molar refractivity (Wildman–Crippen MR) is 81.5 cm³/mol. The summed E-state index contributed by atoms with van der Waals surface area (Å²) in [4.78, 5) is 19.2. The van der Waals surface area contributed by atoms with Crippen molar-refractivity contribution in [1.82, 2.24) is 9.88 Å².